The largest absolute Gasteiger partial charge is 0.326 e. The lowest BCUT2D eigenvalue weighted by Gasteiger charge is -2.43. The summed E-state index contributed by atoms with van der Waals surface area (Å²) in [6.07, 6.45) is 4.46. The zero-order valence-corrected chi connectivity index (χ0v) is 12.3. The Hall–Kier alpha value is -0.940. The van der Waals surface area contributed by atoms with E-state index in [-0.39, 0.29) is 11.6 Å². The van der Waals surface area contributed by atoms with Crippen LogP contribution < -0.4 is 5.73 Å². The van der Waals surface area contributed by atoms with Crippen LogP contribution >= 0.6 is 0 Å². The highest BCUT2D eigenvalue weighted by Crippen LogP contribution is 2.26. The molecule has 0 aliphatic heterocycles. The summed E-state index contributed by atoms with van der Waals surface area (Å²) in [5.41, 5.74) is 6.50. The molecule has 5 heteroatoms. The van der Waals surface area contributed by atoms with Gasteiger partial charge in [0.15, 0.2) is 0 Å². The molecule has 0 radical (unpaired) electrons. The van der Waals surface area contributed by atoms with Crippen LogP contribution in [0.4, 0.5) is 0 Å². The molecular formula is C13H27N5. The lowest BCUT2D eigenvalue weighted by atomic mass is 9.82. The molecule has 1 rings (SSSR count). The second-order valence-corrected chi connectivity index (χ2v) is 5.01. The van der Waals surface area contributed by atoms with Crippen LogP contribution in [0.3, 0.4) is 0 Å². The van der Waals surface area contributed by atoms with Crippen LogP contribution in [-0.4, -0.2) is 45.3 Å². The second-order valence-electron chi connectivity index (χ2n) is 5.01. The lowest BCUT2D eigenvalue weighted by Crippen LogP contribution is -2.57. The molecule has 0 amide bonds. The highest BCUT2D eigenvalue weighted by molar-refractivity contribution is 5.01. The van der Waals surface area contributed by atoms with Crippen molar-refractivity contribution >= 4 is 0 Å². The Morgan fingerprint density at radius 2 is 1.94 bits per heavy atom. The van der Waals surface area contributed by atoms with Crippen LogP contribution in [0.5, 0.6) is 0 Å². The van der Waals surface area contributed by atoms with E-state index < -0.39 is 0 Å². The summed E-state index contributed by atoms with van der Waals surface area (Å²) in [5, 5.41) is 4.20. The highest BCUT2D eigenvalue weighted by atomic mass is 15.3. The van der Waals surface area contributed by atoms with Gasteiger partial charge in [-0.15, -0.1) is 0 Å². The van der Waals surface area contributed by atoms with Gasteiger partial charge in [0, 0.05) is 24.5 Å². The van der Waals surface area contributed by atoms with E-state index in [0.717, 1.165) is 31.6 Å². The zero-order valence-electron chi connectivity index (χ0n) is 12.3. The fourth-order valence-corrected chi connectivity index (χ4v) is 2.84. The van der Waals surface area contributed by atoms with E-state index in [1.165, 1.54) is 0 Å². The molecule has 5 nitrogen and oxygen atoms in total. The Balaban J connectivity index is 2.88. The minimum atomic E-state index is 0.0323. The molecule has 104 valence electrons. The maximum atomic E-state index is 6.47. The molecule has 0 fully saturated rings. The monoisotopic (exact) mass is 253 g/mol. The topological polar surface area (TPSA) is 60.0 Å². The average Bonchev–Trinajstić information content (AvgIpc) is 2.78. The Bertz CT molecular complexity index is 354. The Labute approximate surface area is 110 Å². The molecule has 0 aromatic carbocycles. The van der Waals surface area contributed by atoms with Gasteiger partial charge in [0.05, 0.1) is 0 Å². The molecule has 1 aromatic rings. The number of nitrogens with zero attached hydrogens (tertiary/aromatic N) is 4. The predicted octanol–water partition coefficient (Wildman–Crippen LogP) is 1.29. The third-order valence-corrected chi connectivity index (χ3v) is 4.20. The second kappa shape index (κ2) is 6.29. The molecule has 0 saturated heterocycles. The predicted molar refractivity (Wildman–Crippen MR) is 74.4 cm³/mol. The first-order chi connectivity index (χ1) is 8.51. The number of aromatic nitrogens is 3. The van der Waals surface area contributed by atoms with Gasteiger partial charge >= 0.3 is 0 Å². The normalized spacial score (nSPS) is 14.2. The quantitative estimate of drug-likeness (QED) is 0.795. The molecule has 1 unspecified atom stereocenters. The first-order valence-corrected chi connectivity index (χ1v) is 6.81. The van der Waals surface area contributed by atoms with Gasteiger partial charge < -0.3 is 10.6 Å². The molecule has 0 saturated carbocycles. The summed E-state index contributed by atoms with van der Waals surface area (Å²) in [4.78, 5) is 6.58. The number of hydrogen-bond acceptors (Lipinski definition) is 4. The Morgan fingerprint density at radius 3 is 2.39 bits per heavy atom. The van der Waals surface area contributed by atoms with Crippen LogP contribution in [0.1, 0.15) is 39.4 Å². The molecule has 0 spiro atoms. The number of aryl methyl sites for hydroxylation is 1. The van der Waals surface area contributed by atoms with Crippen LogP contribution in [0.2, 0.25) is 0 Å². The van der Waals surface area contributed by atoms with Crippen LogP contribution in [0.15, 0.2) is 6.33 Å². The average molecular weight is 253 g/mol. The van der Waals surface area contributed by atoms with Gasteiger partial charge in [-0.2, -0.15) is 5.10 Å². The third-order valence-electron chi connectivity index (χ3n) is 4.20. The first kappa shape index (κ1) is 15.1. The minimum absolute atomic E-state index is 0.0323. The number of rotatable bonds is 7. The van der Waals surface area contributed by atoms with Crippen molar-refractivity contribution in [3.63, 3.8) is 0 Å². The summed E-state index contributed by atoms with van der Waals surface area (Å²) in [6.45, 7) is 7.32. The molecule has 1 aromatic heterocycles. The molecule has 0 aliphatic rings. The van der Waals surface area contributed by atoms with Gasteiger partial charge in [-0.05, 0) is 33.9 Å². The summed E-state index contributed by atoms with van der Waals surface area (Å²) >= 11 is 0. The molecule has 0 aliphatic carbocycles. The lowest BCUT2D eigenvalue weighted by molar-refractivity contribution is 0.104. The summed E-state index contributed by atoms with van der Waals surface area (Å²) in [6, 6.07) is 0.0667. The molecular weight excluding hydrogens is 226 g/mol. The van der Waals surface area contributed by atoms with Crippen molar-refractivity contribution in [1.82, 2.24) is 19.7 Å². The molecule has 2 N–H and O–H groups in total. The van der Waals surface area contributed by atoms with E-state index in [1.807, 2.05) is 4.68 Å². The van der Waals surface area contributed by atoms with Gasteiger partial charge in [-0.3, -0.25) is 4.68 Å². The smallest absolute Gasteiger partial charge is 0.138 e. The van der Waals surface area contributed by atoms with Crippen molar-refractivity contribution in [2.75, 3.05) is 14.1 Å². The maximum absolute atomic E-state index is 6.47. The Morgan fingerprint density at radius 1 is 1.33 bits per heavy atom. The molecule has 1 heterocycles. The van der Waals surface area contributed by atoms with E-state index >= 15 is 0 Å². The fourth-order valence-electron chi connectivity index (χ4n) is 2.84. The standard InChI is InChI=1S/C13H27N5/c1-6-13(7-2,17(4)5)11(14)9-12-15-10-16-18(12)8-3/h10-11H,6-9,14H2,1-5H3. The highest BCUT2D eigenvalue weighted by Gasteiger charge is 2.36. The summed E-state index contributed by atoms with van der Waals surface area (Å²) < 4.78 is 1.92. The van der Waals surface area contributed by atoms with Crippen molar-refractivity contribution in [2.45, 2.75) is 58.2 Å². The van der Waals surface area contributed by atoms with Crippen LogP contribution in [-0.2, 0) is 13.0 Å². The van der Waals surface area contributed by atoms with E-state index in [9.17, 15) is 0 Å². The van der Waals surface area contributed by atoms with Gasteiger partial charge in [0.2, 0.25) is 0 Å². The van der Waals surface area contributed by atoms with Gasteiger partial charge in [0.1, 0.15) is 12.2 Å². The maximum Gasteiger partial charge on any atom is 0.138 e. The van der Waals surface area contributed by atoms with Crippen molar-refractivity contribution in [1.29, 1.82) is 0 Å². The van der Waals surface area contributed by atoms with Gasteiger partial charge in [-0.25, -0.2) is 4.98 Å². The van der Waals surface area contributed by atoms with Crippen molar-refractivity contribution < 1.29 is 0 Å². The number of nitrogens with two attached hydrogens (primary N) is 1. The van der Waals surface area contributed by atoms with Crippen LogP contribution in [0, 0.1) is 0 Å². The SMILES string of the molecule is CCn1ncnc1CC(N)C(CC)(CC)N(C)C. The van der Waals surface area contributed by atoms with E-state index in [1.54, 1.807) is 6.33 Å². The molecule has 1 atom stereocenters. The summed E-state index contributed by atoms with van der Waals surface area (Å²) in [5.74, 6) is 0.984. The van der Waals surface area contributed by atoms with Gasteiger partial charge in [0.25, 0.3) is 0 Å². The van der Waals surface area contributed by atoms with E-state index in [0.29, 0.717) is 0 Å². The number of likely N-dealkylation sites (N-methyl/N-ethyl adjacent to an activating group) is 1. The minimum Gasteiger partial charge on any atom is -0.326 e. The van der Waals surface area contributed by atoms with Gasteiger partial charge in [-0.1, -0.05) is 13.8 Å². The Kier molecular flexibility index (Phi) is 5.28. The molecule has 0 bridgehead atoms. The zero-order chi connectivity index (χ0) is 13.8. The van der Waals surface area contributed by atoms with Crippen LogP contribution in [0.25, 0.3) is 0 Å². The summed E-state index contributed by atoms with van der Waals surface area (Å²) in [7, 11) is 4.22. The van der Waals surface area contributed by atoms with Crippen molar-refractivity contribution in [3.05, 3.63) is 12.2 Å². The molecule has 18 heavy (non-hydrogen) atoms. The van der Waals surface area contributed by atoms with E-state index in [2.05, 4.69) is 49.8 Å². The van der Waals surface area contributed by atoms with E-state index in [4.69, 9.17) is 5.73 Å². The first-order valence-electron chi connectivity index (χ1n) is 6.81. The van der Waals surface area contributed by atoms with Crippen molar-refractivity contribution in [2.24, 2.45) is 5.73 Å². The third kappa shape index (κ3) is 2.72. The fraction of sp³-hybridized carbons (Fsp3) is 0.846. The number of hydrogen-bond donors (Lipinski definition) is 1. The van der Waals surface area contributed by atoms with Crippen molar-refractivity contribution in [3.8, 4) is 0 Å².